The largest absolute Gasteiger partial charge is 0.504 e. The van der Waals surface area contributed by atoms with Crippen molar-refractivity contribution in [3.05, 3.63) is 53.6 Å². The van der Waals surface area contributed by atoms with Gasteiger partial charge >= 0.3 is 5.97 Å². The lowest BCUT2D eigenvalue weighted by atomic mass is 10.1. The summed E-state index contributed by atoms with van der Waals surface area (Å²) in [5, 5.41) is 40.6. The van der Waals surface area contributed by atoms with Crippen molar-refractivity contribution in [1.82, 2.24) is 5.32 Å². The van der Waals surface area contributed by atoms with E-state index < -0.39 is 18.0 Å². The molecule has 160 valence electrons. The Hall–Kier alpha value is -3.68. The van der Waals surface area contributed by atoms with E-state index in [9.17, 15) is 30.0 Å². The zero-order chi connectivity index (χ0) is 22.3. The summed E-state index contributed by atoms with van der Waals surface area (Å²) in [4.78, 5) is 24.8. The van der Waals surface area contributed by atoms with Crippen LogP contribution in [0.2, 0.25) is 0 Å². The van der Waals surface area contributed by atoms with Crippen LogP contribution in [0.15, 0.2) is 42.5 Å². The quantitative estimate of drug-likeness (QED) is 0.254. The molecule has 5 N–H and O–H groups in total. The van der Waals surface area contributed by atoms with Crippen LogP contribution < -0.4 is 5.32 Å². The number of phenols is 4. The maximum atomic E-state index is 12.5. The molecule has 0 unspecified atom stereocenters. The molecule has 0 aliphatic rings. The summed E-state index contributed by atoms with van der Waals surface area (Å²) in [6.07, 6.45) is 1.31. The van der Waals surface area contributed by atoms with Crippen LogP contribution in [0, 0.1) is 5.92 Å². The van der Waals surface area contributed by atoms with Crippen molar-refractivity contribution >= 4 is 18.0 Å². The third kappa shape index (κ3) is 6.73. The summed E-state index contributed by atoms with van der Waals surface area (Å²) >= 11 is 0. The Labute approximate surface area is 174 Å². The number of carbonyl (C=O) groups is 2. The Morgan fingerprint density at radius 3 is 2.20 bits per heavy atom. The molecule has 2 aromatic rings. The van der Waals surface area contributed by atoms with Gasteiger partial charge in [0, 0.05) is 19.0 Å². The maximum absolute atomic E-state index is 12.5. The molecule has 30 heavy (non-hydrogen) atoms. The van der Waals surface area contributed by atoms with Gasteiger partial charge in [-0.15, -0.1) is 0 Å². The van der Waals surface area contributed by atoms with Crippen molar-refractivity contribution < 1.29 is 34.8 Å². The van der Waals surface area contributed by atoms with Gasteiger partial charge in [-0.05, 0) is 47.4 Å². The first-order valence-corrected chi connectivity index (χ1v) is 9.35. The average Bonchev–Trinajstić information content (AvgIpc) is 2.69. The highest BCUT2D eigenvalue weighted by Gasteiger charge is 2.23. The van der Waals surface area contributed by atoms with Gasteiger partial charge in [0.1, 0.15) is 0 Å². The zero-order valence-electron chi connectivity index (χ0n) is 16.7. The van der Waals surface area contributed by atoms with Gasteiger partial charge in [-0.3, -0.25) is 4.79 Å². The third-order valence-electron chi connectivity index (χ3n) is 4.11. The summed E-state index contributed by atoms with van der Waals surface area (Å²) in [5.74, 6) is -2.32. The van der Waals surface area contributed by atoms with E-state index in [4.69, 9.17) is 4.74 Å². The molecule has 0 aromatic heterocycles. The number of aromatic hydroxyl groups is 4. The van der Waals surface area contributed by atoms with Crippen molar-refractivity contribution in [3.63, 3.8) is 0 Å². The van der Waals surface area contributed by atoms with Gasteiger partial charge in [0.15, 0.2) is 29.1 Å². The number of hydrogen-bond donors (Lipinski definition) is 5. The van der Waals surface area contributed by atoms with Crippen molar-refractivity contribution in [2.24, 2.45) is 5.92 Å². The summed E-state index contributed by atoms with van der Waals surface area (Å²) in [7, 11) is 0. The second kappa shape index (κ2) is 10.2. The number of amides is 1. The number of ether oxygens (including phenoxy) is 1. The minimum absolute atomic E-state index is 0.00263. The van der Waals surface area contributed by atoms with E-state index in [1.807, 2.05) is 13.8 Å². The standard InChI is InChI=1S/C22H25NO7/c1-13(2)12-23-22(29)20(11-15-4-7-17(25)19(27)10-15)30-21(28)8-5-14-3-6-16(24)18(26)9-14/h3-10,13,20,24-27H,11-12H2,1-2H3,(H,23,29)/b8-5+/t20-/m1/s1. The van der Waals surface area contributed by atoms with E-state index in [0.717, 1.165) is 6.08 Å². The highest BCUT2D eigenvalue weighted by Crippen LogP contribution is 2.26. The zero-order valence-corrected chi connectivity index (χ0v) is 16.7. The molecule has 2 aromatic carbocycles. The molecule has 0 fully saturated rings. The molecule has 8 nitrogen and oxygen atoms in total. The molecule has 1 atom stereocenters. The number of rotatable bonds is 8. The number of benzene rings is 2. The topological polar surface area (TPSA) is 136 Å². The SMILES string of the molecule is CC(C)CNC(=O)[C@@H](Cc1ccc(O)c(O)c1)OC(=O)/C=C/c1ccc(O)c(O)c1. The van der Waals surface area contributed by atoms with Gasteiger partial charge < -0.3 is 30.5 Å². The van der Waals surface area contributed by atoms with E-state index in [1.54, 1.807) is 0 Å². The van der Waals surface area contributed by atoms with E-state index in [2.05, 4.69) is 5.32 Å². The lowest BCUT2D eigenvalue weighted by molar-refractivity contribution is -0.151. The first kappa shape index (κ1) is 22.6. The highest BCUT2D eigenvalue weighted by atomic mass is 16.5. The second-order valence-corrected chi connectivity index (χ2v) is 7.17. The van der Waals surface area contributed by atoms with E-state index >= 15 is 0 Å². The maximum Gasteiger partial charge on any atom is 0.331 e. The first-order valence-electron chi connectivity index (χ1n) is 9.35. The first-order chi connectivity index (χ1) is 14.2. The summed E-state index contributed by atoms with van der Waals surface area (Å²) in [6.45, 7) is 4.25. The van der Waals surface area contributed by atoms with Crippen LogP contribution >= 0.6 is 0 Å². The van der Waals surface area contributed by atoms with E-state index in [-0.39, 0.29) is 35.3 Å². The predicted molar refractivity (Wildman–Crippen MR) is 110 cm³/mol. The fourth-order valence-corrected chi connectivity index (χ4v) is 2.50. The smallest absolute Gasteiger partial charge is 0.331 e. The van der Waals surface area contributed by atoms with Gasteiger partial charge in [-0.2, -0.15) is 0 Å². The van der Waals surface area contributed by atoms with Crippen molar-refractivity contribution in [1.29, 1.82) is 0 Å². The Bertz CT molecular complexity index is 937. The number of esters is 1. The lowest BCUT2D eigenvalue weighted by Gasteiger charge is -2.18. The molecule has 0 aliphatic heterocycles. The number of phenolic OH excluding ortho intramolecular Hbond substituents is 4. The van der Waals surface area contributed by atoms with Gasteiger partial charge in [0.05, 0.1) is 0 Å². The normalized spacial score (nSPS) is 12.1. The monoisotopic (exact) mass is 415 g/mol. The number of carbonyl (C=O) groups excluding carboxylic acids is 2. The average molecular weight is 415 g/mol. The summed E-state index contributed by atoms with van der Waals surface area (Å²) in [6, 6.07) is 8.13. The molecular weight excluding hydrogens is 390 g/mol. The Kier molecular flexibility index (Phi) is 7.69. The summed E-state index contributed by atoms with van der Waals surface area (Å²) < 4.78 is 5.30. The van der Waals surface area contributed by atoms with Gasteiger partial charge in [0.25, 0.3) is 5.91 Å². The molecule has 0 aliphatic carbocycles. The van der Waals surface area contributed by atoms with Crippen LogP contribution in [0.25, 0.3) is 6.08 Å². The highest BCUT2D eigenvalue weighted by molar-refractivity contribution is 5.90. The van der Waals surface area contributed by atoms with Crippen LogP contribution in [0.5, 0.6) is 23.0 Å². The fraction of sp³-hybridized carbons (Fsp3) is 0.273. The second-order valence-electron chi connectivity index (χ2n) is 7.17. The van der Waals surface area contributed by atoms with E-state index in [1.165, 1.54) is 42.5 Å². The molecular formula is C22H25NO7. The predicted octanol–water partition coefficient (Wildman–Crippen LogP) is 2.45. The molecule has 0 spiro atoms. The third-order valence-corrected chi connectivity index (χ3v) is 4.11. The summed E-state index contributed by atoms with van der Waals surface area (Å²) in [5.41, 5.74) is 0.946. The van der Waals surface area contributed by atoms with Gasteiger partial charge in [-0.25, -0.2) is 4.79 Å². The van der Waals surface area contributed by atoms with Crippen molar-refractivity contribution in [2.75, 3.05) is 6.54 Å². The minimum Gasteiger partial charge on any atom is -0.504 e. The van der Waals surface area contributed by atoms with Crippen LogP contribution in [-0.4, -0.2) is 45.0 Å². The number of hydrogen-bond acceptors (Lipinski definition) is 7. The molecule has 0 bridgehead atoms. The molecule has 2 rings (SSSR count). The molecule has 0 heterocycles. The Morgan fingerprint density at radius 2 is 1.60 bits per heavy atom. The van der Waals surface area contributed by atoms with Crippen molar-refractivity contribution in [3.8, 4) is 23.0 Å². The minimum atomic E-state index is -1.15. The van der Waals surface area contributed by atoms with Crippen LogP contribution in [0.4, 0.5) is 0 Å². The lowest BCUT2D eigenvalue weighted by Crippen LogP contribution is -2.40. The van der Waals surface area contributed by atoms with Crippen LogP contribution in [-0.2, 0) is 20.7 Å². The molecule has 0 saturated carbocycles. The van der Waals surface area contributed by atoms with Crippen LogP contribution in [0.1, 0.15) is 25.0 Å². The van der Waals surface area contributed by atoms with Crippen LogP contribution in [0.3, 0.4) is 0 Å². The van der Waals surface area contributed by atoms with E-state index in [0.29, 0.717) is 17.7 Å². The molecule has 1 amide bonds. The Morgan fingerprint density at radius 1 is 0.967 bits per heavy atom. The molecule has 0 radical (unpaired) electrons. The Balaban J connectivity index is 2.12. The van der Waals surface area contributed by atoms with Crippen molar-refractivity contribution in [2.45, 2.75) is 26.4 Å². The molecule has 0 saturated heterocycles. The fourth-order valence-electron chi connectivity index (χ4n) is 2.50. The van der Waals surface area contributed by atoms with Gasteiger partial charge in [0.2, 0.25) is 0 Å². The molecule has 8 heteroatoms. The van der Waals surface area contributed by atoms with Gasteiger partial charge in [-0.1, -0.05) is 26.0 Å². The number of nitrogens with one attached hydrogen (secondary N) is 1.